The number of fused-ring (bicyclic) bond motifs is 6. The van der Waals surface area contributed by atoms with E-state index in [4.69, 9.17) is 4.74 Å². The Morgan fingerprint density at radius 1 is 1.12 bits per heavy atom. The van der Waals surface area contributed by atoms with Gasteiger partial charge in [0.2, 0.25) is 5.91 Å². The van der Waals surface area contributed by atoms with Crippen LogP contribution in [0, 0.1) is 40.9 Å². The van der Waals surface area contributed by atoms with Gasteiger partial charge in [0.05, 0.1) is 11.2 Å². The smallest absolute Gasteiger partial charge is 0.222 e. The van der Waals surface area contributed by atoms with E-state index in [2.05, 4.69) is 46.4 Å². The fourth-order valence-electron chi connectivity index (χ4n) is 11.8. The molecule has 6 rings (SSSR count). The number of hydrogen-bond donors (Lipinski definition) is 0. The lowest BCUT2D eigenvalue weighted by Crippen LogP contribution is -2.58. The van der Waals surface area contributed by atoms with Crippen LogP contribution in [0.5, 0.6) is 0 Å². The summed E-state index contributed by atoms with van der Waals surface area (Å²) in [5.41, 5.74) is 3.56. The first-order valence-electron chi connectivity index (χ1n) is 17.3. The van der Waals surface area contributed by atoms with Gasteiger partial charge in [0.15, 0.2) is 0 Å². The van der Waals surface area contributed by atoms with Crippen LogP contribution in [-0.2, 0) is 14.3 Å². The van der Waals surface area contributed by atoms with Gasteiger partial charge in [-0.05, 0) is 107 Å². The zero-order valence-electron chi connectivity index (χ0n) is 27.3. The number of rotatable bonds is 5. The zero-order chi connectivity index (χ0) is 29.3. The highest BCUT2D eigenvalue weighted by Crippen LogP contribution is 2.65. The molecule has 10 atom stereocenters. The van der Waals surface area contributed by atoms with Gasteiger partial charge in [-0.1, -0.05) is 38.8 Å². The summed E-state index contributed by atoms with van der Waals surface area (Å²) in [6.07, 6.45) is 12.8. The van der Waals surface area contributed by atoms with E-state index >= 15 is 0 Å². The highest BCUT2D eigenvalue weighted by Gasteiger charge is 2.63. The van der Waals surface area contributed by atoms with E-state index < -0.39 is 0 Å². The predicted molar refractivity (Wildman–Crippen MR) is 164 cm³/mol. The summed E-state index contributed by atoms with van der Waals surface area (Å²) >= 11 is 0. The van der Waals surface area contributed by atoms with Crippen molar-refractivity contribution in [3.05, 3.63) is 11.1 Å². The molecule has 0 radical (unpaired) electrons. The minimum Gasteiger partial charge on any atom is -0.367 e. The van der Waals surface area contributed by atoms with Crippen LogP contribution in [-0.4, -0.2) is 65.4 Å². The molecule has 41 heavy (non-hydrogen) atoms. The molecule has 0 N–H and O–H groups in total. The highest BCUT2D eigenvalue weighted by atomic mass is 16.5. The molecule has 0 aromatic carbocycles. The minimum atomic E-state index is -0.129. The summed E-state index contributed by atoms with van der Waals surface area (Å²) < 4.78 is 7.46. The van der Waals surface area contributed by atoms with Crippen molar-refractivity contribution in [2.45, 2.75) is 136 Å². The van der Waals surface area contributed by atoms with Gasteiger partial charge in [-0.2, -0.15) is 0 Å². The average Bonchev–Trinajstić information content (AvgIpc) is 3.34. The number of amides is 1. The molecular weight excluding hydrogens is 508 g/mol. The number of Topliss-reactive ketones (excluding diaryl/α,β-unsaturated/α-hetero) is 1. The molecule has 0 unspecified atom stereocenters. The van der Waals surface area contributed by atoms with Crippen molar-refractivity contribution in [1.29, 1.82) is 0 Å². The lowest BCUT2D eigenvalue weighted by atomic mass is 9.52. The summed E-state index contributed by atoms with van der Waals surface area (Å²) in [7, 11) is 1.98. The third-order valence-corrected chi connectivity index (χ3v) is 13.6. The van der Waals surface area contributed by atoms with E-state index in [0.717, 1.165) is 70.0 Å². The van der Waals surface area contributed by atoms with Crippen LogP contribution in [0.25, 0.3) is 0 Å². The molecule has 0 aromatic heterocycles. The first-order chi connectivity index (χ1) is 19.4. The van der Waals surface area contributed by atoms with Gasteiger partial charge in [0.1, 0.15) is 5.78 Å². The Labute approximate surface area is 250 Å². The second-order valence-electron chi connectivity index (χ2n) is 16.2. The Balaban J connectivity index is 1.23. The fraction of sp³-hybridized carbons (Fsp3) is 0.889. The summed E-state index contributed by atoms with van der Waals surface area (Å²) in [6.45, 7) is 17.2. The van der Waals surface area contributed by atoms with Crippen molar-refractivity contribution in [1.82, 2.24) is 9.80 Å². The van der Waals surface area contributed by atoms with Crippen molar-refractivity contribution in [3.63, 3.8) is 0 Å². The van der Waals surface area contributed by atoms with Crippen LogP contribution < -0.4 is 0 Å². The maximum absolute atomic E-state index is 12.5. The molecular formula is C36H58N2O3. The number of likely N-dealkylation sites (N-methyl/N-ethyl adjacent to an activating group) is 1. The van der Waals surface area contributed by atoms with E-state index in [0.29, 0.717) is 47.3 Å². The molecule has 230 valence electrons. The number of ether oxygens (including phenoxy) is 1. The van der Waals surface area contributed by atoms with Gasteiger partial charge in [-0.25, -0.2) is 0 Å². The number of allylic oxidation sites excluding steroid dienone is 1. The number of carbonyl (C=O) groups excluding carboxylic acids is 2. The Kier molecular flexibility index (Phi) is 7.83. The molecule has 1 amide bonds. The summed E-state index contributed by atoms with van der Waals surface area (Å²) in [5, 5.41) is 0. The van der Waals surface area contributed by atoms with Gasteiger partial charge in [-0.15, -0.1) is 0 Å². The molecule has 2 heterocycles. The van der Waals surface area contributed by atoms with Gasteiger partial charge >= 0.3 is 0 Å². The molecule has 6 aliphatic rings. The average molecular weight is 567 g/mol. The molecule has 0 aromatic rings. The highest BCUT2D eigenvalue weighted by molar-refractivity contribution is 5.79. The zero-order valence-corrected chi connectivity index (χ0v) is 27.3. The maximum Gasteiger partial charge on any atom is 0.222 e. The Bertz CT molecular complexity index is 1080. The normalized spacial score (nSPS) is 46.1. The molecule has 5 heteroatoms. The van der Waals surface area contributed by atoms with E-state index in [1.165, 1.54) is 32.1 Å². The number of carbonyl (C=O) groups is 2. The fourth-order valence-corrected chi connectivity index (χ4v) is 11.8. The predicted octanol–water partition coefficient (Wildman–Crippen LogP) is 7.04. The Morgan fingerprint density at radius 3 is 2.66 bits per heavy atom. The van der Waals surface area contributed by atoms with Crippen LogP contribution in [0.1, 0.15) is 119 Å². The van der Waals surface area contributed by atoms with Crippen LogP contribution >= 0.6 is 0 Å². The van der Waals surface area contributed by atoms with Gasteiger partial charge in [-0.3, -0.25) is 14.5 Å². The van der Waals surface area contributed by atoms with Crippen molar-refractivity contribution in [2.75, 3.05) is 26.7 Å². The lowest BCUT2D eigenvalue weighted by molar-refractivity contribution is -0.139. The number of piperidine rings is 1. The van der Waals surface area contributed by atoms with Crippen LogP contribution in [0.4, 0.5) is 0 Å². The van der Waals surface area contributed by atoms with Crippen molar-refractivity contribution >= 4 is 11.7 Å². The van der Waals surface area contributed by atoms with Gasteiger partial charge < -0.3 is 9.64 Å². The lowest BCUT2D eigenvalue weighted by Gasteiger charge is -2.52. The standard InChI is InChI=1S/C36H58N2O3/c1-8-9-32(40)37(7)16-17-38-22-23(2)20-35(6)33(38)25(4)36(41-35)15-13-28-29-11-10-26-18-27(39)12-14-34(26,5)31(29)19-30(28)24(3)21-36/h23,25-26,28-29,31,33H,8-22H2,1-7H3/t23-,25+,26+,28-,29-,31-,33-,34-,35+,36-/m0/s1. The number of ketones is 1. The molecule has 1 spiro atoms. The third kappa shape index (κ3) is 4.88. The third-order valence-electron chi connectivity index (χ3n) is 13.6. The first kappa shape index (κ1) is 29.9. The quantitative estimate of drug-likeness (QED) is 0.335. The SMILES string of the molecule is CCCC(=O)N(C)CCN1C[C@@H](C)C[C@@]2(C)O[C@]3(CC[C@@H]4C(=C(C)C3)C[C@H]3[C@H]4CC[C@@H]4CC(=O)CC[C@@]43C)[C@H](C)[C@H]12. The van der Waals surface area contributed by atoms with Gasteiger partial charge in [0.25, 0.3) is 0 Å². The Hall–Kier alpha value is -1.20. The topological polar surface area (TPSA) is 49.9 Å². The van der Waals surface area contributed by atoms with E-state index in [9.17, 15) is 9.59 Å². The molecule has 2 saturated heterocycles. The summed E-state index contributed by atoms with van der Waals surface area (Å²) in [4.78, 5) is 29.5. The van der Waals surface area contributed by atoms with E-state index in [1.54, 1.807) is 11.1 Å². The Morgan fingerprint density at radius 2 is 1.90 bits per heavy atom. The second-order valence-corrected chi connectivity index (χ2v) is 16.2. The van der Waals surface area contributed by atoms with E-state index in [-0.39, 0.29) is 17.1 Å². The monoisotopic (exact) mass is 566 g/mol. The number of hydrogen-bond acceptors (Lipinski definition) is 4. The molecule has 5 fully saturated rings. The summed E-state index contributed by atoms with van der Waals surface area (Å²) in [5.74, 6) is 4.75. The second kappa shape index (κ2) is 10.8. The molecule has 4 aliphatic carbocycles. The van der Waals surface area contributed by atoms with Crippen molar-refractivity contribution in [2.24, 2.45) is 40.9 Å². The largest absolute Gasteiger partial charge is 0.367 e. The maximum atomic E-state index is 12.5. The molecule has 5 nitrogen and oxygen atoms in total. The molecule has 0 bridgehead atoms. The number of likely N-dealkylation sites (tertiary alicyclic amines) is 1. The van der Waals surface area contributed by atoms with Crippen LogP contribution in [0.15, 0.2) is 11.1 Å². The van der Waals surface area contributed by atoms with Crippen molar-refractivity contribution < 1.29 is 14.3 Å². The number of nitrogens with zero attached hydrogens (tertiary/aromatic N) is 2. The van der Waals surface area contributed by atoms with Crippen LogP contribution in [0.2, 0.25) is 0 Å². The molecule has 3 saturated carbocycles. The summed E-state index contributed by atoms with van der Waals surface area (Å²) in [6, 6.07) is 0.408. The van der Waals surface area contributed by atoms with Gasteiger partial charge in [0, 0.05) is 57.9 Å². The van der Waals surface area contributed by atoms with E-state index in [1.807, 2.05) is 11.9 Å². The van der Waals surface area contributed by atoms with Crippen molar-refractivity contribution in [3.8, 4) is 0 Å². The minimum absolute atomic E-state index is 0.0824. The van der Waals surface area contributed by atoms with Crippen LogP contribution in [0.3, 0.4) is 0 Å². The first-order valence-corrected chi connectivity index (χ1v) is 17.3. The molecule has 2 aliphatic heterocycles.